The van der Waals surface area contributed by atoms with Gasteiger partial charge < -0.3 is 14.7 Å². The molecule has 3 heterocycles. The Balaban J connectivity index is 1.50. The van der Waals surface area contributed by atoms with Gasteiger partial charge in [-0.05, 0) is 91.1 Å². The van der Waals surface area contributed by atoms with Gasteiger partial charge in [0.1, 0.15) is 0 Å². The normalized spacial score (nSPS) is 30.6. The lowest BCUT2D eigenvalue weighted by atomic mass is 9.77. The number of hydrogen-bond donors (Lipinski definition) is 0. The summed E-state index contributed by atoms with van der Waals surface area (Å²) in [7, 11) is 2.26. The first kappa shape index (κ1) is 14.8. The highest BCUT2D eigenvalue weighted by molar-refractivity contribution is 4.96. The van der Waals surface area contributed by atoms with E-state index in [2.05, 4.69) is 35.6 Å². The Morgan fingerprint density at radius 3 is 2.05 bits per heavy atom. The van der Waals surface area contributed by atoms with Gasteiger partial charge in [0.2, 0.25) is 0 Å². The van der Waals surface area contributed by atoms with E-state index in [1.807, 2.05) is 0 Å². The fourth-order valence-electron chi connectivity index (χ4n) is 4.54. The van der Waals surface area contributed by atoms with Gasteiger partial charge in [0.05, 0.1) is 0 Å². The second-order valence-electron chi connectivity index (χ2n) is 7.88. The van der Waals surface area contributed by atoms with Crippen LogP contribution in [0, 0.1) is 5.41 Å². The highest BCUT2D eigenvalue weighted by atomic mass is 15.2. The molecule has 0 aromatic carbocycles. The first-order valence-corrected chi connectivity index (χ1v) is 8.75. The van der Waals surface area contributed by atoms with Crippen molar-refractivity contribution in [3.8, 4) is 0 Å². The molecule has 20 heavy (non-hydrogen) atoms. The Bertz CT molecular complexity index is 312. The topological polar surface area (TPSA) is 9.72 Å². The van der Waals surface area contributed by atoms with Crippen molar-refractivity contribution in [1.82, 2.24) is 14.7 Å². The summed E-state index contributed by atoms with van der Waals surface area (Å²) in [5.74, 6) is 0. The highest BCUT2D eigenvalue weighted by Crippen LogP contribution is 2.41. The minimum absolute atomic E-state index is 0.673. The van der Waals surface area contributed by atoms with Gasteiger partial charge in [-0.3, -0.25) is 0 Å². The molecule has 0 unspecified atom stereocenters. The molecule has 3 rings (SSSR count). The molecule has 0 aromatic rings. The number of hydrogen-bond acceptors (Lipinski definition) is 3. The van der Waals surface area contributed by atoms with Crippen molar-refractivity contribution in [2.45, 2.75) is 58.0 Å². The molecule has 1 spiro atoms. The predicted molar refractivity (Wildman–Crippen MR) is 85.1 cm³/mol. The third-order valence-corrected chi connectivity index (χ3v) is 6.26. The lowest BCUT2D eigenvalue weighted by Gasteiger charge is -2.45. The lowest BCUT2D eigenvalue weighted by molar-refractivity contribution is 0.0488. The summed E-state index contributed by atoms with van der Waals surface area (Å²) in [6.07, 6.45) is 7.13. The van der Waals surface area contributed by atoms with Gasteiger partial charge in [-0.2, -0.15) is 0 Å². The van der Waals surface area contributed by atoms with Crippen LogP contribution in [0.5, 0.6) is 0 Å². The maximum absolute atomic E-state index is 2.82. The van der Waals surface area contributed by atoms with Crippen molar-refractivity contribution in [2.75, 3.05) is 46.3 Å². The summed E-state index contributed by atoms with van der Waals surface area (Å²) in [6.45, 7) is 12.7. The number of likely N-dealkylation sites (tertiary alicyclic amines) is 3. The van der Waals surface area contributed by atoms with E-state index in [1.54, 1.807) is 0 Å². The zero-order valence-electron chi connectivity index (χ0n) is 13.8. The van der Waals surface area contributed by atoms with Crippen LogP contribution in [0.15, 0.2) is 0 Å². The molecule has 0 saturated carbocycles. The van der Waals surface area contributed by atoms with E-state index >= 15 is 0 Å². The molecule has 3 nitrogen and oxygen atoms in total. The molecule has 0 amide bonds. The molecule has 3 aliphatic rings. The second kappa shape index (κ2) is 5.94. The summed E-state index contributed by atoms with van der Waals surface area (Å²) in [5.41, 5.74) is 0.673. The van der Waals surface area contributed by atoms with Gasteiger partial charge in [0.15, 0.2) is 0 Å². The van der Waals surface area contributed by atoms with Crippen molar-refractivity contribution in [3.05, 3.63) is 0 Å². The SMILES string of the molecule is CC(C)N1CCC2(CCN(C3CCN(C)CC3)CC2)C1. The van der Waals surface area contributed by atoms with Crippen LogP contribution in [0.4, 0.5) is 0 Å². The molecule has 3 aliphatic heterocycles. The summed E-state index contributed by atoms with van der Waals surface area (Å²) in [6, 6.07) is 1.62. The first-order valence-electron chi connectivity index (χ1n) is 8.75. The largest absolute Gasteiger partial charge is 0.306 e. The molecule has 0 atom stereocenters. The third kappa shape index (κ3) is 3.05. The predicted octanol–water partition coefficient (Wildman–Crippen LogP) is 2.28. The van der Waals surface area contributed by atoms with E-state index in [1.165, 1.54) is 71.4 Å². The Kier molecular flexibility index (Phi) is 4.40. The van der Waals surface area contributed by atoms with Crippen LogP contribution in [0.2, 0.25) is 0 Å². The molecule has 0 radical (unpaired) electrons. The van der Waals surface area contributed by atoms with Crippen LogP contribution < -0.4 is 0 Å². The molecule has 116 valence electrons. The summed E-state index contributed by atoms with van der Waals surface area (Å²) in [5, 5.41) is 0. The van der Waals surface area contributed by atoms with Crippen LogP contribution >= 0.6 is 0 Å². The molecule has 0 aromatic heterocycles. The molecular weight excluding hydrogens is 246 g/mol. The Labute approximate surface area is 125 Å². The van der Waals surface area contributed by atoms with E-state index in [0.29, 0.717) is 5.41 Å². The Morgan fingerprint density at radius 2 is 1.50 bits per heavy atom. The van der Waals surface area contributed by atoms with Crippen molar-refractivity contribution in [3.63, 3.8) is 0 Å². The van der Waals surface area contributed by atoms with Crippen LogP contribution in [0.25, 0.3) is 0 Å². The van der Waals surface area contributed by atoms with Gasteiger partial charge in [-0.25, -0.2) is 0 Å². The molecule has 0 bridgehead atoms. The third-order valence-electron chi connectivity index (χ3n) is 6.26. The fraction of sp³-hybridized carbons (Fsp3) is 1.00. The zero-order chi connectivity index (χ0) is 14.2. The summed E-state index contributed by atoms with van der Waals surface area (Å²) in [4.78, 5) is 8.00. The fourth-order valence-corrected chi connectivity index (χ4v) is 4.54. The average Bonchev–Trinajstić information content (AvgIpc) is 2.85. The van der Waals surface area contributed by atoms with Gasteiger partial charge in [-0.1, -0.05) is 0 Å². The van der Waals surface area contributed by atoms with Crippen LogP contribution in [-0.4, -0.2) is 73.1 Å². The van der Waals surface area contributed by atoms with Crippen molar-refractivity contribution in [2.24, 2.45) is 5.41 Å². The molecule has 3 heteroatoms. The highest BCUT2D eigenvalue weighted by Gasteiger charge is 2.42. The minimum Gasteiger partial charge on any atom is -0.306 e. The van der Waals surface area contributed by atoms with Gasteiger partial charge in [-0.15, -0.1) is 0 Å². The Hall–Kier alpha value is -0.120. The number of rotatable bonds is 2. The molecule has 3 fully saturated rings. The zero-order valence-corrected chi connectivity index (χ0v) is 13.8. The maximum Gasteiger partial charge on any atom is 0.0120 e. The van der Waals surface area contributed by atoms with E-state index < -0.39 is 0 Å². The van der Waals surface area contributed by atoms with Crippen LogP contribution in [0.3, 0.4) is 0 Å². The van der Waals surface area contributed by atoms with Gasteiger partial charge in [0.25, 0.3) is 0 Å². The second-order valence-corrected chi connectivity index (χ2v) is 7.88. The smallest absolute Gasteiger partial charge is 0.0120 e. The van der Waals surface area contributed by atoms with Gasteiger partial charge in [0, 0.05) is 18.6 Å². The summed E-state index contributed by atoms with van der Waals surface area (Å²) < 4.78 is 0. The van der Waals surface area contributed by atoms with E-state index in [4.69, 9.17) is 0 Å². The van der Waals surface area contributed by atoms with Crippen molar-refractivity contribution >= 4 is 0 Å². The number of nitrogens with zero attached hydrogens (tertiary/aromatic N) is 3. The molecular formula is C17H33N3. The van der Waals surface area contributed by atoms with Crippen molar-refractivity contribution in [1.29, 1.82) is 0 Å². The van der Waals surface area contributed by atoms with Gasteiger partial charge >= 0.3 is 0 Å². The molecule has 0 N–H and O–H groups in total. The first-order chi connectivity index (χ1) is 9.58. The Morgan fingerprint density at radius 1 is 0.900 bits per heavy atom. The lowest BCUT2D eigenvalue weighted by Crippen LogP contribution is -2.49. The van der Waals surface area contributed by atoms with E-state index in [9.17, 15) is 0 Å². The van der Waals surface area contributed by atoms with E-state index in [0.717, 1.165) is 12.1 Å². The average molecular weight is 279 g/mol. The standard InChI is InChI=1S/C17H33N3/c1-15(2)20-13-8-17(14-20)6-11-19(12-7-17)16-4-9-18(3)10-5-16/h15-16H,4-14H2,1-3H3. The summed E-state index contributed by atoms with van der Waals surface area (Å²) >= 11 is 0. The number of piperidine rings is 2. The maximum atomic E-state index is 2.82. The van der Waals surface area contributed by atoms with E-state index in [-0.39, 0.29) is 0 Å². The minimum atomic E-state index is 0.673. The van der Waals surface area contributed by atoms with Crippen LogP contribution in [0.1, 0.15) is 46.0 Å². The molecule has 0 aliphatic carbocycles. The quantitative estimate of drug-likeness (QED) is 0.768. The van der Waals surface area contributed by atoms with Crippen molar-refractivity contribution < 1.29 is 0 Å². The monoisotopic (exact) mass is 279 g/mol. The molecule has 3 saturated heterocycles. The van der Waals surface area contributed by atoms with Crippen LogP contribution in [-0.2, 0) is 0 Å².